The number of aromatic nitrogens is 4. The van der Waals surface area contributed by atoms with Gasteiger partial charge in [-0.3, -0.25) is 9.48 Å². The lowest BCUT2D eigenvalue weighted by Crippen LogP contribution is -2.27. The van der Waals surface area contributed by atoms with E-state index in [1.807, 2.05) is 31.6 Å². The minimum atomic E-state index is -0.180. The maximum Gasteiger partial charge on any atom is 0.272 e. The highest BCUT2D eigenvalue weighted by molar-refractivity contribution is 5.92. The fourth-order valence-electron chi connectivity index (χ4n) is 2.09. The molecule has 7 nitrogen and oxygen atoms in total. The summed E-state index contributed by atoms with van der Waals surface area (Å²) in [6.07, 6.45) is 3.69. The molecular formula is C15H22N6O. The molecule has 2 heterocycles. The van der Waals surface area contributed by atoms with Crippen molar-refractivity contribution in [2.75, 3.05) is 12.8 Å². The van der Waals surface area contributed by atoms with Crippen molar-refractivity contribution < 1.29 is 4.79 Å². The van der Waals surface area contributed by atoms with Gasteiger partial charge in [-0.2, -0.15) is 5.10 Å². The molecule has 0 unspecified atom stereocenters. The van der Waals surface area contributed by atoms with E-state index in [-0.39, 0.29) is 17.8 Å². The standard InChI is InChI=1S/C15H22N6O/c1-5-21-9-11(7-17-21)8-20(4)14(22)13-6-12(10(2)3)18-15(16)19-13/h6-7,9-10H,5,8H2,1-4H3,(H2,16,18,19). The Hall–Kier alpha value is -2.44. The van der Waals surface area contributed by atoms with Crippen LogP contribution in [-0.4, -0.2) is 37.6 Å². The molecule has 0 atom stereocenters. The van der Waals surface area contributed by atoms with Crippen LogP contribution in [0, 0.1) is 0 Å². The van der Waals surface area contributed by atoms with Crippen LogP contribution in [0.2, 0.25) is 0 Å². The smallest absolute Gasteiger partial charge is 0.272 e. The molecule has 7 heteroatoms. The van der Waals surface area contributed by atoms with Gasteiger partial charge in [0.2, 0.25) is 5.95 Å². The third-order valence-corrected chi connectivity index (χ3v) is 3.35. The molecule has 2 rings (SSSR count). The molecule has 2 aromatic rings. The third kappa shape index (κ3) is 3.60. The highest BCUT2D eigenvalue weighted by atomic mass is 16.2. The average molecular weight is 302 g/mol. The second kappa shape index (κ2) is 6.55. The summed E-state index contributed by atoms with van der Waals surface area (Å²) in [4.78, 5) is 22.3. The number of amides is 1. The zero-order valence-electron chi connectivity index (χ0n) is 13.4. The van der Waals surface area contributed by atoms with E-state index in [1.54, 1.807) is 24.2 Å². The summed E-state index contributed by atoms with van der Waals surface area (Å²) in [5.74, 6) is 0.131. The molecule has 0 aromatic carbocycles. The second-order valence-corrected chi connectivity index (χ2v) is 5.56. The van der Waals surface area contributed by atoms with Crippen LogP contribution >= 0.6 is 0 Å². The van der Waals surface area contributed by atoms with Gasteiger partial charge in [0.25, 0.3) is 5.91 Å². The Balaban J connectivity index is 2.16. The molecule has 0 bridgehead atoms. The molecule has 0 aliphatic carbocycles. The van der Waals surface area contributed by atoms with E-state index < -0.39 is 0 Å². The first-order chi connectivity index (χ1) is 10.4. The van der Waals surface area contributed by atoms with Crippen LogP contribution < -0.4 is 5.73 Å². The number of carbonyl (C=O) groups excluding carboxylic acids is 1. The molecule has 0 fully saturated rings. The van der Waals surface area contributed by atoms with E-state index in [1.165, 1.54) is 0 Å². The second-order valence-electron chi connectivity index (χ2n) is 5.56. The lowest BCUT2D eigenvalue weighted by atomic mass is 10.1. The van der Waals surface area contributed by atoms with Gasteiger partial charge in [0.05, 0.1) is 6.20 Å². The van der Waals surface area contributed by atoms with Crippen LogP contribution in [-0.2, 0) is 13.1 Å². The highest BCUT2D eigenvalue weighted by Crippen LogP contribution is 2.15. The van der Waals surface area contributed by atoms with Crippen LogP contribution in [0.4, 0.5) is 5.95 Å². The van der Waals surface area contributed by atoms with E-state index in [4.69, 9.17) is 5.73 Å². The number of hydrogen-bond donors (Lipinski definition) is 1. The van der Waals surface area contributed by atoms with Crippen molar-refractivity contribution in [3.63, 3.8) is 0 Å². The highest BCUT2D eigenvalue weighted by Gasteiger charge is 2.17. The maximum atomic E-state index is 12.5. The zero-order valence-corrected chi connectivity index (χ0v) is 13.4. The van der Waals surface area contributed by atoms with Gasteiger partial charge >= 0.3 is 0 Å². The van der Waals surface area contributed by atoms with E-state index in [0.717, 1.165) is 17.8 Å². The van der Waals surface area contributed by atoms with Crippen LogP contribution in [0.1, 0.15) is 48.4 Å². The summed E-state index contributed by atoms with van der Waals surface area (Å²) in [5, 5.41) is 4.20. The van der Waals surface area contributed by atoms with Crippen molar-refractivity contribution in [1.29, 1.82) is 0 Å². The Morgan fingerprint density at radius 1 is 1.41 bits per heavy atom. The topological polar surface area (TPSA) is 89.9 Å². The minimum absolute atomic E-state index is 0.127. The van der Waals surface area contributed by atoms with Gasteiger partial charge < -0.3 is 10.6 Å². The van der Waals surface area contributed by atoms with Gasteiger partial charge in [0, 0.05) is 37.6 Å². The van der Waals surface area contributed by atoms with Gasteiger partial charge in [-0.25, -0.2) is 9.97 Å². The lowest BCUT2D eigenvalue weighted by molar-refractivity contribution is 0.0779. The van der Waals surface area contributed by atoms with Crippen molar-refractivity contribution in [3.8, 4) is 0 Å². The van der Waals surface area contributed by atoms with E-state index in [0.29, 0.717) is 12.2 Å². The van der Waals surface area contributed by atoms with Gasteiger partial charge in [-0.1, -0.05) is 13.8 Å². The largest absolute Gasteiger partial charge is 0.368 e. The van der Waals surface area contributed by atoms with Crippen molar-refractivity contribution in [1.82, 2.24) is 24.6 Å². The Labute approximate surface area is 130 Å². The number of anilines is 1. The predicted molar refractivity (Wildman–Crippen MR) is 84.2 cm³/mol. The zero-order chi connectivity index (χ0) is 16.3. The molecule has 2 N–H and O–H groups in total. The number of carbonyl (C=O) groups is 1. The maximum absolute atomic E-state index is 12.5. The number of nitrogens with zero attached hydrogens (tertiary/aromatic N) is 5. The first-order valence-corrected chi connectivity index (χ1v) is 7.32. The third-order valence-electron chi connectivity index (χ3n) is 3.35. The number of hydrogen-bond acceptors (Lipinski definition) is 5. The molecule has 22 heavy (non-hydrogen) atoms. The van der Waals surface area contributed by atoms with E-state index in [9.17, 15) is 4.79 Å². The number of nitrogen functional groups attached to an aromatic ring is 1. The monoisotopic (exact) mass is 302 g/mol. The van der Waals surface area contributed by atoms with Crippen LogP contribution in [0.15, 0.2) is 18.5 Å². The molecule has 0 aliphatic rings. The van der Waals surface area contributed by atoms with Crippen molar-refractivity contribution >= 4 is 11.9 Å². The van der Waals surface area contributed by atoms with E-state index in [2.05, 4.69) is 15.1 Å². The average Bonchev–Trinajstić information content (AvgIpc) is 2.93. The van der Waals surface area contributed by atoms with Crippen molar-refractivity contribution in [3.05, 3.63) is 35.4 Å². The number of aryl methyl sites for hydroxylation is 1. The SMILES string of the molecule is CCn1cc(CN(C)C(=O)c2cc(C(C)C)nc(N)n2)cn1. The molecule has 0 saturated heterocycles. The summed E-state index contributed by atoms with van der Waals surface area (Å²) in [7, 11) is 1.74. The fraction of sp³-hybridized carbons (Fsp3) is 0.467. The predicted octanol–water partition coefficient (Wildman–Crippen LogP) is 1.67. The first kappa shape index (κ1) is 15.9. The van der Waals surface area contributed by atoms with Crippen LogP contribution in [0.3, 0.4) is 0 Å². The van der Waals surface area contributed by atoms with Gasteiger partial charge in [-0.15, -0.1) is 0 Å². The molecule has 0 radical (unpaired) electrons. The molecule has 0 saturated carbocycles. The minimum Gasteiger partial charge on any atom is -0.368 e. The number of nitrogens with two attached hydrogens (primary N) is 1. The molecule has 0 spiro atoms. The van der Waals surface area contributed by atoms with E-state index >= 15 is 0 Å². The molecule has 1 amide bonds. The summed E-state index contributed by atoms with van der Waals surface area (Å²) < 4.78 is 1.83. The molecule has 0 aliphatic heterocycles. The Bertz CT molecular complexity index is 664. The Morgan fingerprint density at radius 2 is 2.14 bits per heavy atom. The van der Waals surface area contributed by atoms with Gasteiger partial charge in [0.15, 0.2) is 0 Å². The van der Waals surface area contributed by atoms with Crippen LogP contribution in [0.5, 0.6) is 0 Å². The summed E-state index contributed by atoms with van der Waals surface area (Å²) in [6, 6.07) is 1.70. The van der Waals surface area contributed by atoms with Gasteiger partial charge in [-0.05, 0) is 18.9 Å². The molecular weight excluding hydrogens is 280 g/mol. The normalized spacial score (nSPS) is 11.0. The summed E-state index contributed by atoms with van der Waals surface area (Å²) in [5.41, 5.74) is 7.77. The van der Waals surface area contributed by atoms with Crippen LogP contribution in [0.25, 0.3) is 0 Å². The summed E-state index contributed by atoms with van der Waals surface area (Å²) in [6.45, 7) is 7.29. The molecule has 2 aromatic heterocycles. The lowest BCUT2D eigenvalue weighted by Gasteiger charge is -2.16. The summed E-state index contributed by atoms with van der Waals surface area (Å²) >= 11 is 0. The fourth-order valence-corrected chi connectivity index (χ4v) is 2.09. The quantitative estimate of drug-likeness (QED) is 0.907. The molecule has 118 valence electrons. The first-order valence-electron chi connectivity index (χ1n) is 7.32. The Morgan fingerprint density at radius 3 is 2.73 bits per heavy atom. The Kier molecular flexibility index (Phi) is 4.75. The number of rotatable bonds is 5. The van der Waals surface area contributed by atoms with Gasteiger partial charge in [0.1, 0.15) is 5.69 Å². The van der Waals surface area contributed by atoms with Crippen molar-refractivity contribution in [2.24, 2.45) is 0 Å². The van der Waals surface area contributed by atoms with Crippen molar-refractivity contribution in [2.45, 2.75) is 39.8 Å².